The minimum absolute atomic E-state index is 0.110. The molecule has 6 nitrogen and oxygen atoms in total. The second-order valence-corrected chi connectivity index (χ2v) is 7.90. The van der Waals surface area contributed by atoms with Gasteiger partial charge in [0.1, 0.15) is 11.5 Å². The highest BCUT2D eigenvalue weighted by molar-refractivity contribution is 9.10. The van der Waals surface area contributed by atoms with Crippen molar-refractivity contribution < 1.29 is 41.7 Å². The van der Waals surface area contributed by atoms with Crippen molar-refractivity contribution >= 4 is 43.8 Å². The van der Waals surface area contributed by atoms with Crippen molar-refractivity contribution in [1.29, 1.82) is 0 Å². The fourth-order valence-electron chi connectivity index (χ4n) is 2.21. The summed E-state index contributed by atoms with van der Waals surface area (Å²) in [6.45, 7) is -0.255. The molecule has 0 radical (unpaired) electrons. The van der Waals surface area contributed by atoms with Crippen LogP contribution in [0.2, 0.25) is 0 Å². The van der Waals surface area contributed by atoms with Crippen molar-refractivity contribution in [2.45, 2.75) is 19.3 Å². The Morgan fingerprint density at radius 1 is 0.848 bits per heavy atom. The molecule has 0 spiro atoms. The van der Waals surface area contributed by atoms with E-state index in [2.05, 4.69) is 41.3 Å². The zero-order chi connectivity index (χ0) is 24.8. The molecule has 0 heterocycles. The van der Waals surface area contributed by atoms with Crippen LogP contribution in [0.25, 0.3) is 0 Å². The highest BCUT2D eigenvalue weighted by Gasteiger charge is 2.11. The van der Waals surface area contributed by atoms with Crippen molar-refractivity contribution in [3.05, 3.63) is 56.5 Å². The molecule has 11 heteroatoms. The maximum atomic E-state index is 11.9. The van der Waals surface area contributed by atoms with E-state index in [1.807, 2.05) is 0 Å². The summed E-state index contributed by atoms with van der Waals surface area (Å²) in [5, 5.41) is 0. The number of esters is 2. The van der Waals surface area contributed by atoms with Gasteiger partial charge in [0, 0.05) is 12.8 Å². The zero-order valence-corrected chi connectivity index (χ0v) is 21.1. The molecule has 0 saturated carbocycles. The minimum atomic E-state index is -2.41. The fourth-order valence-corrected chi connectivity index (χ4v) is 2.93. The third-order valence-corrected chi connectivity index (χ3v) is 5.14. The molecule has 2 aromatic carbocycles. The van der Waals surface area contributed by atoms with Crippen molar-refractivity contribution in [3.63, 3.8) is 0 Å². The van der Waals surface area contributed by atoms with Gasteiger partial charge in [-0.3, -0.25) is 4.39 Å². The molecule has 0 aliphatic rings. The Kier molecular flexibility index (Phi) is 13.6. The summed E-state index contributed by atoms with van der Waals surface area (Å²) < 4.78 is 56.7. The molecule has 0 atom stereocenters. The molecule has 0 unspecified atom stereocenters. The van der Waals surface area contributed by atoms with Gasteiger partial charge in [-0.05, 0) is 68.3 Å². The molecular weight excluding hydrogens is 577 g/mol. The summed E-state index contributed by atoms with van der Waals surface area (Å²) in [6, 6.07) is 9.48. The normalized spacial score (nSPS) is 10.2. The molecule has 0 saturated heterocycles. The van der Waals surface area contributed by atoms with Gasteiger partial charge in [-0.15, -0.1) is 0 Å². The third-order valence-electron chi connectivity index (χ3n) is 3.83. The maximum absolute atomic E-state index is 11.9. The van der Waals surface area contributed by atoms with Crippen LogP contribution < -0.4 is 9.47 Å². The number of carbonyl (C=O) groups is 2. The van der Waals surface area contributed by atoms with Crippen LogP contribution in [0.15, 0.2) is 45.3 Å². The van der Waals surface area contributed by atoms with Gasteiger partial charge < -0.3 is 18.9 Å². The van der Waals surface area contributed by atoms with Gasteiger partial charge in [0.25, 0.3) is 0 Å². The van der Waals surface area contributed by atoms with E-state index in [0.29, 0.717) is 33.5 Å². The second kappa shape index (κ2) is 15.5. The van der Waals surface area contributed by atoms with Crippen LogP contribution in [-0.4, -0.2) is 52.5 Å². The lowest BCUT2D eigenvalue weighted by Crippen LogP contribution is -2.05. The van der Waals surface area contributed by atoms with Crippen LogP contribution in [0.1, 0.15) is 33.6 Å². The Balaban J connectivity index is 0.000000331. The smallest absolute Gasteiger partial charge is 0.337 e. The number of benzene rings is 2. The van der Waals surface area contributed by atoms with Crippen LogP contribution in [0.3, 0.4) is 0 Å². The maximum Gasteiger partial charge on any atom is 0.337 e. The monoisotopic (exact) mass is 598 g/mol. The largest absolute Gasteiger partial charge is 0.492 e. The molecule has 0 aromatic heterocycles. The summed E-state index contributed by atoms with van der Waals surface area (Å²) in [7, 11) is 2.58. The zero-order valence-electron chi connectivity index (χ0n) is 17.9. The topological polar surface area (TPSA) is 71.1 Å². The first-order chi connectivity index (χ1) is 15.7. The van der Waals surface area contributed by atoms with Crippen LogP contribution >= 0.6 is 31.9 Å². The Bertz CT molecular complexity index is 912. The predicted octanol–water partition coefficient (Wildman–Crippen LogP) is 6.24. The third kappa shape index (κ3) is 10.5. The van der Waals surface area contributed by atoms with Crippen molar-refractivity contribution in [1.82, 2.24) is 0 Å². The van der Waals surface area contributed by atoms with Crippen molar-refractivity contribution in [2.75, 3.05) is 34.1 Å². The number of ether oxygens (including phenoxy) is 4. The second-order valence-electron chi connectivity index (χ2n) is 6.19. The quantitative estimate of drug-likeness (QED) is 0.238. The average molecular weight is 600 g/mol. The van der Waals surface area contributed by atoms with E-state index in [4.69, 9.17) is 9.47 Å². The minimum Gasteiger partial charge on any atom is -0.492 e. The Morgan fingerprint density at radius 2 is 1.30 bits per heavy atom. The number of rotatable bonds is 10. The lowest BCUT2D eigenvalue weighted by molar-refractivity contribution is 0.0591. The summed E-state index contributed by atoms with van der Waals surface area (Å²) in [5.41, 5.74) is 0.712. The Morgan fingerprint density at radius 3 is 1.70 bits per heavy atom. The Labute approximate surface area is 206 Å². The summed E-state index contributed by atoms with van der Waals surface area (Å²) in [6.07, 6.45) is -2.43. The van der Waals surface area contributed by atoms with E-state index < -0.39 is 25.0 Å². The van der Waals surface area contributed by atoms with Crippen LogP contribution in [0.5, 0.6) is 11.5 Å². The molecule has 0 amide bonds. The number of carbonyl (C=O) groups excluding carboxylic acids is 2. The first kappa shape index (κ1) is 28.8. The highest BCUT2D eigenvalue weighted by Crippen LogP contribution is 2.27. The molecule has 182 valence electrons. The van der Waals surface area contributed by atoms with Crippen LogP contribution in [-0.2, 0) is 9.47 Å². The molecule has 2 rings (SSSR count). The summed E-state index contributed by atoms with van der Waals surface area (Å²) in [5.74, 6) is -0.0797. The van der Waals surface area contributed by atoms with Gasteiger partial charge >= 0.3 is 11.9 Å². The van der Waals surface area contributed by atoms with E-state index in [1.165, 1.54) is 20.3 Å². The van der Waals surface area contributed by atoms with E-state index in [0.717, 1.165) is 4.47 Å². The van der Waals surface area contributed by atoms with E-state index in [1.54, 1.807) is 30.3 Å². The van der Waals surface area contributed by atoms with E-state index >= 15 is 0 Å². The van der Waals surface area contributed by atoms with Crippen molar-refractivity contribution in [2.24, 2.45) is 0 Å². The number of halogens is 5. The molecule has 0 aliphatic carbocycles. The van der Waals surface area contributed by atoms with Crippen LogP contribution in [0, 0.1) is 0 Å². The SMILES string of the molecule is COC(=O)c1ccc(Br)c(OCCC(F)F)c1.COC(=O)c1ccc(Br)c(OCCCF)c1. The lowest BCUT2D eigenvalue weighted by Gasteiger charge is -2.09. The standard InChI is InChI=1S/C11H11BrF2O3.C11H12BrFO3/c1-16-11(15)7-2-3-8(12)9(6-7)17-5-4-10(13)14;1-15-11(14)8-3-4-9(12)10(7-8)16-6-2-5-13/h2-3,6,10H,4-5H2,1H3;3-4,7H,2,5-6H2,1H3. The molecule has 0 bridgehead atoms. The van der Waals surface area contributed by atoms with Crippen LogP contribution in [0.4, 0.5) is 13.2 Å². The van der Waals surface area contributed by atoms with Gasteiger partial charge in [0.05, 0.1) is 54.2 Å². The fraction of sp³-hybridized carbons (Fsp3) is 0.364. The van der Waals surface area contributed by atoms with Crippen molar-refractivity contribution in [3.8, 4) is 11.5 Å². The van der Waals surface area contributed by atoms with Gasteiger partial charge in [0.2, 0.25) is 6.43 Å². The predicted molar refractivity (Wildman–Crippen MR) is 123 cm³/mol. The molecule has 33 heavy (non-hydrogen) atoms. The van der Waals surface area contributed by atoms with E-state index in [9.17, 15) is 22.8 Å². The summed E-state index contributed by atoms with van der Waals surface area (Å²) >= 11 is 6.49. The molecule has 0 aliphatic heterocycles. The van der Waals surface area contributed by atoms with E-state index in [-0.39, 0.29) is 19.6 Å². The van der Waals surface area contributed by atoms with Gasteiger partial charge in [-0.25, -0.2) is 18.4 Å². The first-order valence-corrected chi connectivity index (χ1v) is 11.2. The number of methoxy groups -OCH3 is 2. The number of hydrogen-bond donors (Lipinski definition) is 0. The first-order valence-electron chi connectivity index (χ1n) is 9.58. The molecule has 2 aromatic rings. The molecular formula is C22H23Br2F3O6. The van der Waals surface area contributed by atoms with Gasteiger partial charge in [-0.2, -0.15) is 0 Å². The number of hydrogen-bond acceptors (Lipinski definition) is 6. The van der Waals surface area contributed by atoms with Gasteiger partial charge in [0.15, 0.2) is 0 Å². The molecule has 0 N–H and O–H groups in total. The highest BCUT2D eigenvalue weighted by atomic mass is 79.9. The molecule has 0 fully saturated rings. The lowest BCUT2D eigenvalue weighted by atomic mass is 10.2. The number of alkyl halides is 3. The average Bonchev–Trinajstić information content (AvgIpc) is 2.80. The summed E-state index contributed by atoms with van der Waals surface area (Å²) in [4.78, 5) is 22.5. The van der Waals surface area contributed by atoms with Gasteiger partial charge in [-0.1, -0.05) is 0 Å². The Hall–Kier alpha value is -2.27.